The Balaban J connectivity index is 0.000000640. The monoisotopic (exact) mass is 147 g/mol. The van der Waals surface area contributed by atoms with Crippen LogP contribution in [-0.4, -0.2) is 5.78 Å². The number of carbonyl (C=O) groups is 1. The molecule has 0 amide bonds. The van der Waals surface area contributed by atoms with Crippen LogP contribution in [0.4, 0.5) is 0 Å². The molecule has 0 radical (unpaired) electrons. The molecule has 0 atom stereocenters. The fraction of sp³-hybridized carbons (Fsp3) is 0.857. The van der Waals surface area contributed by atoms with Crippen LogP contribution in [0.5, 0.6) is 0 Å². The Morgan fingerprint density at radius 1 is 1.44 bits per heavy atom. The molecule has 1 rings (SSSR count). The third kappa shape index (κ3) is 1.26. The minimum Gasteiger partial charge on any atom is -1.00 e. The van der Waals surface area contributed by atoms with Gasteiger partial charge in [-0.25, -0.2) is 0 Å². The van der Waals surface area contributed by atoms with Gasteiger partial charge in [0.25, 0.3) is 0 Å². The first-order valence-corrected chi connectivity index (χ1v) is 3.28. The van der Waals surface area contributed by atoms with Gasteiger partial charge in [-0.05, 0) is 12.8 Å². The molecule has 54 valence electrons. The summed E-state index contributed by atoms with van der Waals surface area (Å²) in [5.41, 5.74) is 0.153. The third-order valence-electron chi connectivity index (χ3n) is 2.32. The van der Waals surface area contributed by atoms with Crippen LogP contribution in [0, 0.1) is 5.41 Å². The van der Waals surface area contributed by atoms with Gasteiger partial charge in [0.2, 0.25) is 0 Å². The van der Waals surface area contributed by atoms with E-state index in [0.29, 0.717) is 5.78 Å². The van der Waals surface area contributed by atoms with Crippen molar-refractivity contribution in [1.29, 1.82) is 0 Å². The average Bonchev–Trinajstić information content (AvgIpc) is 2.43. The second-order valence-electron chi connectivity index (χ2n) is 2.59. The normalized spacial score (nSPS) is 20.9. The maximum atomic E-state index is 10.7. The maximum absolute atomic E-state index is 10.7. The maximum Gasteiger partial charge on any atom is 0.140 e. The number of halogens is 1. The van der Waals surface area contributed by atoms with E-state index >= 15 is 0 Å². The first-order valence-electron chi connectivity index (χ1n) is 3.28. The van der Waals surface area contributed by atoms with Gasteiger partial charge in [0, 0.05) is 11.8 Å². The summed E-state index contributed by atoms with van der Waals surface area (Å²) in [6, 6.07) is 0. The fourth-order valence-electron chi connectivity index (χ4n) is 1.16. The zero-order chi connectivity index (χ0) is 6.20. The van der Waals surface area contributed by atoms with Gasteiger partial charge in [-0.15, -0.1) is 0 Å². The van der Waals surface area contributed by atoms with Crippen molar-refractivity contribution in [1.82, 2.24) is 0 Å². The molecular formula is C7H12ClO-. The van der Waals surface area contributed by atoms with Crippen LogP contribution in [0.2, 0.25) is 0 Å². The number of Topliss-reactive ketones (excluding diaryl/α,β-unsaturated/α-hetero) is 1. The molecule has 0 aromatic rings. The van der Waals surface area contributed by atoms with E-state index in [4.69, 9.17) is 0 Å². The Bertz CT molecular complexity index is 116. The van der Waals surface area contributed by atoms with E-state index in [1.54, 1.807) is 0 Å². The molecule has 0 unspecified atom stereocenters. The van der Waals surface area contributed by atoms with Crippen LogP contribution in [0.15, 0.2) is 0 Å². The van der Waals surface area contributed by atoms with E-state index < -0.39 is 0 Å². The van der Waals surface area contributed by atoms with Gasteiger partial charge < -0.3 is 12.4 Å². The Kier molecular flexibility index (Phi) is 2.68. The third-order valence-corrected chi connectivity index (χ3v) is 2.32. The summed E-state index contributed by atoms with van der Waals surface area (Å²) >= 11 is 0. The minimum atomic E-state index is 0. The second kappa shape index (κ2) is 2.70. The van der Waals surface area contributed by atoms with Crippen LogP contribution in [0.25, 0.3) is 0 Å². The number of hydrogen-bond acceptors (Lipinski definition) is 1. The zero-order valence-electron chi connectivity index (χ0n) is 5.91. The Morgan fingerprint density at radius 2 is 1.78 bits per heavy atom. The number of rotatable bonds is 2. The summed E-state index contributed by atoms with van der Waals surface area (Å²) in [4.78, 5) is 10.7. The Hall–Kier alpha value is -0.0400. The number of carbonyl (C=O) groups excluding carboxylic acids is 1. The van der Waals surface area contributed by atoms with E-state index in [1.165, 1.54) is 0 Å². The van der Waals surface area contributed by atoms with Crippen molar-refractivity contribution in [2.75, 3.05) is 0 Å². The molecule has 0 heterocycles. The van der Waals surface area contributed by atoms with Crippen molar-refractivity contribution in [2.24, 2.45) is 5.41 Å². The van der Waals surface area contributed by atoms with Gasteiger partial charge >= 0.3 is 0 Å². The largest absolute Gasteiger partial charge is 1.00 e. The van der Waals surface area contributed by atoms with Crippen LogP contribution >= 0.6 is 0 Å². The van der Waals surface area contributed by atoms with E-state index in [0.717, 1.165) is 19.3 Å². The van der Waals surface area contributed by atoms with Crippen LogP contribution in [0.3, 0.4) is 0 Å². The molecule has 1 aliphatic carbocycles. The molecule has 0 bridgehead atoms. The second-order valence-corrected chi connectivity index (χ2v) is 2.59. The first kappa shape index (κ1) is 8.96. The van der Waals surface area contributed by atoms with Crippen molar-refractivity contribution in [3.8, 4) is 0 Å². The Morgan fingerprint density at radius 3 is 1.78 bits per heavy atom. The highest BCUT2D eigenvalue weighted by Crippen LogP contribution is 2.46. The molecule has 0 aliphatic heterocycles. The predicted octanol–water partition coefficient (Wildman–Crippen LogP) is -1.23. The zero-order valence-corrected chi connectivity index (χ0v) is 6.66. The summed E-state index contributed by atoms with van der Waals surface area (Å²) in [7, 11) is 0. The van der Waals surface area contributed by atoms with E-state index in [9.17, 15) is 4.79 Å². The quantitative estimate of drug-likeness (QED) is 0.478. The molecule has 0 spiro atoms. The summed E-state index contributed by atoms with van der Waals surface area (Å²) < 4.78 is 0. The highest BCUT2D eigenvalue weighted by Gasteiger charge is 2.49. The van der Waals surface area contributed by atoms with Gasteiger partial charge in [-0.2, -0.15) is 0 Å². The summed E-state index contributed by atoms with van der Waals surface area (Å²) in [5.74, 6) is 0.475. The molecule has 0 aromatic carbocycles. The minimum absolute atomic E-state index is 0. The summed E-state index contributed by atoms with van der Waals surface area (Å²) in [6.45, 7) is 4.18. The van der Waals surface area contributed by atoms with Gasteiger partial charge in [0.1, 0.15) is 5.78 Å². The van der Waals surface area contributed by atoms with Crippen molar-refractivity contribution < 1.29 is 17.2 Å². The van der Waals surface area contributed by atoms with Gasteiger partial charge in [0.05, 0.1) is 0 Å². The van der Waals surface area contributed by atoms with E-state index in [2.05, 4.69) is 13.8 Å². The topological polar surface area (TPSA) is 17.1 Å². The van der Waals surface area contributed by atoms with Crippen molar-refractivity contribution in [3.63, 3.8) is 0 Å². The van der Waals surface area contributed by atoms with Crippen molar-refractivity contribution in [3.05, 3.63) is 0 Å². The van der Waals surface area contributed by atoms with Crippen LogP contribution < -0.4 is 12.4 Å². The van der Waals surface area contributed by atoms with Gasteiger partial charge in [-0.3, -0.25) is 4.79 Å². The summed E-state index contributed by atoms with van der Waals surface area (Å²) in [6.07, 6.45) is 2.94. The van der Waals surface area contributed by atoms with E-state index in [-0.39, 0.29) is 17.8 Å². The van der Waals surface area contributed by atoms with Crippen molar-refractivity contribution in [2.45, 2.75) is 33.1 Å². The Labute approximate surface area is 62.2 Å². The van der Waals surface area contributed by atoms with Gasteiger partial charge in [0.15, 0.2) is 0 Å². The predicted molar refractivity (Wildman–Crippen MR) is 32.6 cm³/mol. The fourth-order valence-corrected chi connectivity index (χ4v) is 1.16. The van der Waals surface area contributed by atoms with Gasteiger partial charge in [-0.1, -0.05) is 13.8 Å². The lowest BCUT2D eigenvalue weighted by Gasteiger charge is -2.01. The molecule has 0 aromatic heterocycles. The lowest BCUT2D eigenvalue weighted by atomic mass is 10.0. The number of hydrogen-bond donors (Lipinski definition) is 0. The molecule has 1 saturated carbocycles. The lowest BCUT2D eigenvalue weighted by Crippen LogP contribution is -3.00. The highest BCUT2D eigenvalue weighted by molar-refractivity contribution is 6.00. The molecule has 2 heteroatoms. The number of ketones is 1. The first-order chi connectivity index (χ1) is 3.75. The standard InChI is InChI=1S/C7H12O.ClH/c1-3-7(4-2)5-6(7)8;/h3-5H2,1-2H3;1H/p-1. The lowest BCUT2D eigenvalue weighted by molar-refractivity contribution is -0.113. The summed E-state index contributed by atoms with van der Waals surface area (Å²) in [5, 5.41) is 0. The van der Waals surface area contributed by atoms with Crippen LogP contribution in [-0.2, 0) is 4.79 Å². The molecule has 9 heavy (non-hydrogen) atoms. The molecule has 1 fully saturated rings. The molecule has 0 N–H and O–H groups in total. The SMILES string of the molecule is CCC1(CC)CC1=O.[Cl-]. The molecule has 1 nitrogen and oxygen atoms in total. The average molecular weight is 148 g/mol. The smallest absolute Gasteiger partial charge is 0.140 e. The highest BCUT2D eigenvalue weighted by atomic mass is 35.5. The van der Waals surface area contributed by atoms with Crippen molar-refractivity contribution >= 4 is 5.78 Å². The van der Waals surface area contributed by atoms with Crippen LogP contribution in [0.1, 0.15) is 33.1 Å². The molecule has 0 saturated heterocycles. The van der Waals surface area contributed by atoms with E-state index in [1.807, 2.05) is 0 Å². The molecular weight excluding hydrogens is 136 g/mol. The molecule has 1 aliphatic rings.